The van der Waals surface area contributed by atoms with E-state index in [2.05, 4.69) is 20.4 Å². The highest BCUT2D eigenvalue weighted by atomic mass is 16.3. The number of H-pyrrole nitrogens is 1. The van der Waals surface area contributed by atoms with Crippen molar-refractivity contribution >= 4 is 34.6 Å². The first-order valence-corrected chi connectivity index (χ1v) is 11.2. The predicted octanol–water partition coefficient (Wildman–Crippen LogP) is 0.145. The van der Waals surface area contributed by atoms with Crippen LogP contribution in [-0.2, 0) is 22.7 Å². The number of pyridine rings is 1. The molecule has 3 amide bonds. The number of imide groups is 1. The molecule has 1 aromatic carbocycles. The highest BCUT2D eigenvalue weighted by Crippen LogP contribution is 2.33. The molecule has 11 nitrogen and oxygen atoms in total. The van der Waals surface area contributed by atoms with Crippen LogP contribution < -0.4 is 11.1 Å². The smallest absolute Gasteiger partial charge is 0.255 e. The Morgan fingerprint density at radius 3 is 2.76 bits per heavy atom. The number of aliphatic hydroxyl groups is 1. The summed E-state index contributed by atoms with van der Waals surface area (Å²) in [6, 6.07) is 6.84. The number of benzene rings is 1. The molecule has 5 N–H and O–H groups in total. The van der Waals surface area contributed by atoms with E-state index < -0.39 is 11.9 Å². The van der Waals surface area contributed by atoms with E-state index in [9.17, 15) is 19.5 Å². The van der Waals surface area contributed by atoms with Crippen molar-refractivity contribution in [1.29, 1.82) is 0 Å². The lowest BCUT2D eigenvalue weighted by atomic mass is 10.0. The summed E-state index contributed by atoms with van der Waals surface area (Å²) in [7, 11) is 0. The molecule has 0 spiro atoms. The summed E-state index contributed by atoms with van der Waals surface area (Å²) < 4.78 is 0. The number of carbonyl (C=O) groups excluding carboxylic acids is 3. The minimum Gasteiger partial charge on any atom is -0.390 e. The number of nitrogens with zero attached hydrogens (tertiary/aromatic N) is 4. The fourth-order valence-electron chi connectivity index (χ4n) is 5.00. The zero-order chi connectivity index (χ0) is 23.6. The lowest BCUT2D eigenvalue weighted by molar-refractivity contribution is -0.136. The zero-order valence-electron chi connectivity index (χ0n) is 18.2. The molecule has 3 aliphatic rings. The molecule has 0 radical (unpaired) electrons. The molecule has 1 atom stereocenters. The number of anilines is 1. The van der Waals surface area contributed by atoms with Crippen LogP contribution >= 0.6 is 0 Å². The van der Waals surface area contributed by atoms with Crippen molar-refractivity contribution < 1.29 is 19.5 Å². The number of rotatable bonds is 4. The number of amides is 3. The first kappa shape index (κ1) is 20.8. The summed E-state index contributed by atoms with van der Waals surface area (Å²) in [6.45, 7) is 2.14. The van der Waals surface area contributed by atoms with Crippen LogP contribution in [0.3, 0.4) is 0 Å². The van der Waals surface area contributed by atoms with Crippen molar-refractivity contribution in [3.8, 4) is 11.3 Å². The van der Waals surface area contributed by atoms with Crippen molar-refractivity contribution in [2.45, 2.75) is 38.1 Å². The van der Waals surface area contributed by atoms with Gasteiger partial charge in [-0.1, -0.05) is 6.07 Å². The number of nitrogens with one attached hydrogen (secondary N) is 2. The number of aromatic nitrogens is 3. The first-order valence-electron chi connectivity index (χ1n) is 11.2. The summed E-state index contributed by atoms with van der Waals surface area (Å²) in [4.78, 5) is 45.2. The maximum Gasteiger partial charge on any atom is 0.255 e. The van der Waals surface area contributed by atoms with Gasteiger partial charge in [-0.15, -0.1) is 0 Å². The average Bonchev–Trinajstić information content (AvgIpc) is 3.32. The molecule has 3 aromatic rings. The van der Waals surface area contributed by atoms with Gasteiger partial charge in [-0.25, -0.2) is 4.98 Å². The molecule has 6 rings (SSSR count). The maximum absolute atomic E-state index is 13.0. The molecular formula is C23H23N7O4. The third-order valence-corrected chi connectivity index (χ3v) is 6.78. The van der Waals surface area contributed by atoms with Gasteiger partial charge in [-0.05, 0) is 35.7 Å². The fourth-order valence-corrected chi connectivity index (χ4v) is 5.00. The second-order valence-electron chi connectivity index (χ2n) is 9.12. The Balaban J connectivity index is 1.33. The molecular weight excluding hydrogens is 438 g/mol. The largest absolute Gasteiger partial charge is 0.390 e. The molecule has 1 unspecified atom stereocenters. The van der Waals surface area contributed by atoms with E-state index in [1.807, 2.05) is 18.2 Å². The maximum atomic E-state index is 13.0. The van der Waals surface area contributed by atoms with Crippen LogP contribution in [-0.4, -0.2) is 73.0 Å². The quantitative estimate of drug-likeness (QED) is 0.400. The summed E-state index contributed by atoms with van der Waals surface area (Å²) >= 11 is 0. The van der Waals surface area contributed by atoms with E-state index in [-0.39, 0.29) is 24.3 Å². The molecule has 3 aliphatic heterocycles. The van der Waals surface area contributed by atoms with Crippen LogP contribution in [0.2, 0.25) is 0 Å². The lowest BCUT2D eigenvalue weighted by Crippen LogP contribution is -2.52. The molecule has 34 heavy (non-hydrogen) atoms. The highest BCUT2D eigenvalue weighted by molar-refractivity contribution is 6.05. The number of hydrogen-bond acceptors (Lipinski definition) is 8. The summed E-state index contributed by atoms with van der Waals surface area (Å²) in [5.41, 5.74) is 11.2. The number of likely N-dealkylation sites (tertiary alicyclic amines) is 1. The number of carbonyl (C=O) groups is 3. The third kappa shape index (κ3) is 3.32. The number of aliphatic hydroxyl groups excluding tert-OH is 1. The molecule has 174 valence electrons. The molecule has 0 saturated carbocycles. The minimum absolute atomic E-state index is 0.212. The van der Waals surface area contributed by atoms with Gasteiger partial charge in [-0.2, -0.15) is 5.10 Å². The van der Waals surface area contributed by atoms with Gasteiger partial charge >= 0.3 is 0 Å². The summed E-state index contributed by atoms with van der Waals surface area (Å²) in [6.07, 6.45) is 0.239. The Hall–Kier alpha value is -3.83. The number of aromatic amines is 1. The van der Waals surface area contributed by atoms with Gasteiger partial charge in [0.05, 0.1) is 17.3 Å². The molecule has 2 saturated heterocycles. The van der Waals surface area contributed by atoms with Crippen LogP contribution in [0.15, 0.2) is 24.3 Å². The van der Waals surface area contributed by atoms with Gasteiger partial charge in [-0.3, -0.25) is 29.7 Å². The number of nitrogen functional groups attached to an aromatic ring is 1. The first-order chi connectivity index (χ1) is 16.4. The Morgan fingerprint density at radius 2 is 2.00 bits per heavy atom. The van der Waals surface area contributed by atoms with Crippen molar-refractivity contribution in [3.63, 3.8) is 0 Å². The normalized spacial score (nSPS) is 21.1. The van der Waals surface area contributed by atoms with E-state index in [0.29, 0.717) is 55.2 Å². The van der Waals surface area contributed by atoms with E-state index in [4.69, 9.17) is 10.7 Å². The monoisotopic (exact) mass is 461 g/mol. The Bertz CT molecular complexity index is 1360. The molecule has 5 heterocycles. The fraction of sp³-hybridized carbons (Fsp3) is 0.348. The van der Waals surface area contributed by atoms with Crippen molar-refractivity contribution in [3.05, 3.63) is 41.0 Å². The van der Waals surface area contributed by atoms with E-state index in [1.54, 1.807) is 6.07 Å². The predicted molar refractivity (Wildman–Crippen MR) is 121 cm³/mol. The number of piperidine rings is 1. The van der Waals surface area contributed by atoms with E-state index in [1.165, 1.54) is 4.90 Å². The Morgan fingerprint density at radius 1 is 1.18 bits per heavy atom. The Labute approximate surface area is 193 Å². The van der Waals surface area contributed by atoms with Crippen LogP contribution in [0.4, 0.5) is 5.82 Å². The highest BCUT2D eigenvalue weighted by Gasteiger charge is 2.39. The van der Waals surface area contributed by atoms with Gasteiger partial charge in [0.15, 0.2) is 5.82 Å². The van der Waals surface area contributed by atoms with Crippen LogP contribution in [0.25, 0.3) is 22.3 Å². The van der Waals surface area contributed by atoms with Crippen LogP contribution in [0, 0.1) is 0 Å². The van der Waals surface area contributed by atoms with Gasteiger partial charge in [0.25, 0.3) is 5.91 Å². The van der Waals surface area contributed by atoms with Gasteiger partial charge < -0.3 is 15.7 Å². The topological polar surface area (TPSA) is 158 Å². The van der Waals surface area contributed by atoms with Crippen molar-refractivity contribution in [2.24, 2.45) is 0 Å². The molecule has 0 aliphatic carbocycles. The van der Waals surface area contributed by atoms with E-state index >= 15 is 0 Å². The minimum atomic E-state index is -0.653. The Kier molecular flexibility index (Phi) is 4.64. The van der Waals surface area contributed by atoms with Crippen LogP contribution in [0.5, 0.6) is 0 Å². The molecule has 11 heteroatoms. The van der Waals surface area contributed by atoms with Crippen LogP contribution in [0.1, 0.15) is 34.3 Å². The lowest BCUT2D eigenvalue weighted by Gasteiger charge is -2.35. The third-order valence-electron chi connectivity index (χ3n) is 6.78. The number of nitrogens with two attached hydrogens (primary N) is 1. The number of β-amino-alcohol motifs (C(OH)–C–C–N with tert-alkyl or cyclic N) is 1. The average molecular weight is 461 g/mol. The van der Waals surface area contributed by atoms with Gasteiger partial charge in [0.1, 0.15) is 11.6 Å². The summed E-state index contributed by atoms with van der Waals surface area (Å²) in [5, 5.41) is 19.0. The molecule has 0 bridgehead atoms. The molecule has 2 aromatic heterocycles. The van der Waals surface area contributed by atoms with Gasteiger partial charge in [0, 0.05) is 43.7 Å². The summed E-state index contributed by atoms with van der Waals surface area (Å²) in [5.74, 6) is -0.644. The van der Waals surface area contributed by atoms with Crippen molar-refractivity contribution in [2.75, 3.05) is 18.8 Å². The standard InChI is InChI=1S/C23H23N7O4/c24-21-20-19(27-28-21)13(7-29-9-14(31)10-29)6-16(25-20)11-1-2-15-12(5-11)8-30(23(15)34)17-3-4-18(32)26-22(17)33/h1-2,5-6,14,17,31H,3-4,7-10H2,(H3,24,27,28)(H,26,32,33). The zero-order valence-corrected chi connectivity index (χ0v) is 18.2. The molecule has 2 fully saturated rings. The number of hydrogen-bond donors (Lipinski definition) is 4. The number of fused-ring (bicyclic) bond motifs is 2. The van der Waals surface area contributed by atoms with Crippen molar-refractivity contribution in [1.82, 2.24) is 30.3 Å². The van der Waals surface area contributed by atoms with E-state index in [0.717, 1.165) is 22.2 Å². The second kappa shape index (κ2) is 7.61. The second-order valence-corrected chi connectivity index (χ2v) is 9.12. The SMILES string of the molecule is Nc1n[nH]c2c(CN3CC(O)C3)cc(-c3ccc4c(c3)CN(C3CCC(=O)NC3=O)C4=O)nc12. The van der Waals surface area contributed by atoms with Gasteiger partial charge in [0.2, 0.25) is 11.8 Å².